The Morgan fingerprint density at radius 3 is 2.74 bits per heavy atom. The van der Waals surface area contributed by atoms with Crippen molar-refractivity contribution in [2.75, 3.05) is 5.73 Å². The fourth-order valence-electron chi connectivity index (χ4n) is 2.12. The summed E-state index contributed by atoms with van der Waals surface area (Å²) in [6.45, 7) is 0. The molecular weight excluding hydrogens is 238 g/mol. The summed E-state index contributed by atoms with van der Waals surface area (Å²) in [7, 11) is 1.93. The lowest BCUT2D eigenvalue weighted by Crippen LogP contribution is -2.02. The van der Waals surface area contributed by atoms with Gasteiger partial charge in [-0.25, -0.2) is 4.98 Å². The molecule has 1 heterocycles. The van der Waals surface area contributed by atoms with E-state index in [0.29, 0.717) is 16.8 Å². The lowest BCUT2D eigenvalue weighted by Gasteiger charge is -2.03. The molecule has 94 valence electrons. The second-order valence-electron chi connectivity index (χ2n) is 4.51. The van der Waals surface area contributed by atoms with Crippen LogP contribution in [0.3, 0.4) is 0 Å². The first-order valence-corrected chi connectivity index (χ1v) is 5.96. The van der Waals surface area contributed by atoms with Crippen LogP contribution in [0.5, 0.6) is 0 Å². The van der Waals surface area contributed by atoms with Gasteiger partial charge in [-0.1, -0.05) is 12.1 Å². The maximum Gasteiger partial charge on any atom is 0.193 e. The highest BCUT2D eigenvalue weighted by atomic mass is 16.1. The van der Waals surface area contributed by atoms with E-state index < -0.39 is 0 Å². The first-order chi connectivity index (χ1) is 9.15. The number of nitrogen functional groups attached to an aromatic ring is 1. The van der Waals surface area contributed by atoms with Gasteiger partial charge < -0.3 is 10.3 Å². The predicted octanol–water partition coefficient (Wildman–Crippen LogP) is 2.39. The lowest BCUT2D eigenvalue weighted by atomic mass is 10.0. The Labute approximate surface area is 110 Å². The molecule has 0 radical (unpaired) electrons. The standard InChI is InChI=1S/C15H13N3O/c1-18-9-17-13-8-11(5-6-14(13)18)15(19)10-3-2-4-12(16)7-10/h2-9H,16H2,1H3. The highest BCUT2D eigenvalue weighted by Crippen LogP contribution is 2.18. The number of aryl methyl sites for hydroxylation is 1. The Bertz CT molecular complexity index is 774. The van der Waals surface area contributed by atoms with Gasteiger partial charge in [0.1, 0.15) is 0 Å². The number of carbonyl (C=O) groups is 1. The zero-order valence-corrected chi connectivity index (χ0v) is 10.5. The number of hydrogen-bond donors (Lipinski definition) is 1. The molecule has 2 N–H and O–H groups in total. The first-order valence-electron chi connectivity index (χ1n) is 5.96. The van der Waals surface area contributed by atoms with Gasteiger partial charge in [0.15, 0.2) is 5.78 Å². The van der Waals surface area contributed by atoms with Crippen LogP contribution in [-0.4, -0.2) is 15.3 Å². The summed E-state index contributed by atoms with van der Waals surface area (Å²) < 4.78 is 1.92. The molecule has 2 aromatic carbocycles. The van der Waals surface area contributed by atoms with Gasteiger partial charge in [0.2, 0.25) is 0 Å². The summed E-state index contributed by atoms with van der Waals surface area (Å²) in [5.74, 6) is -0.0418. The van der Waals surface area contributed by atoms with Crippen molar-refractivity contribution >= 4 is 22.5 Å². The van der Waals surface area contributed by atoms with E-state index in [9.17, 15) is 4.79 Å². The van der Waals surface area contributed by atoms with Crippen molar-refractivity contribution in [1.29, 1.82) is 0 Å². The van der Waals surface area contributed by atoms with E-state index in [0.717, 1.165) is 11.0 Å². The maximum absolute atomic E-state index is 12.4. The number of aromatic nitrogens is 2. The average Bonchev–Trinajstić information content (AvgIpc) is 2.79. The summed E-state index contributed by atoms with van der Waals surface area (Å²) >= 11 is 0. The van der Waals surface area contributed by atoms with Crippen LogP contribution in [0.15, 0.2) is 48.8 Å². The Hall–Kier alpha value is -2.62. The average molecular weight is 251 g/mol. The topological polar surface area (TPSA) is 60.9 Å². The third kappa shape index (κ3) is 1.97. The molecule has 19 heavy (non-hydrogen) atoms. The van der Waals surface area contributed by atoms with E-state index in [2.05, 4.69) is 4.98 Å². The number of nitrogens with zero attached hydrogens (tertiary/aromatic N) is 2. The molecule has 0 spiro atoms. The summed E-state index contributed by atoms with van der Waals surface area (Å²) in [5.41, 5.74) is 9.32. The molecule has 0 fully saturated rings. The van der Waals surface area contributed by atoms with Gasteiger partial charge in [0.05, 0.1) is 17.4 Å². The van der Waals surface area contributed by atoms with E-state index in [-0.39, 0.29) is 5.78 Å². The highest BCUT2D eigenvalue weighted by Gasteiger charge is 2.11. The number of nitrogens with two attached hydrogens (primary N) is 1. The summed E-state index contributed by atoms with van der Waals surface area (Å²) in [6, 6.07) is 12.5. The number of carbonyl (C=O) groups excluding carboxylic acids is 1. The summed E-state index contributed by atoms with van der Waals surface area (Å²) in [4.78, 5) is 16.6. The van der Waals surface area contributed by atoms with Crippen LogP contribution in [0.1, 0.15) is 15.9 Å². The Morgan fingerprint density at radius 1 is 1.16 bits per heavy atom. The number of hydrogen-bond acceptors (Lipinski definition) is 3. The second kappa shape index (κ2) is 4.24. The molecule has 0 atom stereocenters. The van der Waals surface area contributed by atoms with Gasteiger partial charge in [0.25, 0.3) is 0 Å². The van der Waals surface area contributed by atoms with Crippen LogP contribution in [0, 0.1) is 0 Å². The zero-order valence-electron chi connectivity index (χ0n) is 10.5. The number of imidazole rings is 1. The molecule has 4 heteroatoms. The molecule has 0 saturated heterocycles. The Morgan fingerprint density at radius 2 is 1.95 bits per heavy atom. The van der Waals surface area contributed by atoms with Crippen LogP contribution in [0.25, 0.3) is 11.0 Å². The van der Waals surface area contributed by atoms with E-state index in [4.69, 9.17) is 5.73 Å². The van der Waals surface area contributed by atoms with Gasteiger partial charge in [-0.15, -0.1) is 0 Å². The van der Waals surface area contributed by atoms with E-state index >= 15 is 0 Å². The molecule has 0 bridgehead atoms. The van der Waals surface area contributed by atoms with Crippen LogP contribution in [-0.2, 0) is 7.05 Å². The lowest BCUT2D eigenvalue weighted by molar-refractivity contribution is 0.103. The predicted molar refractivity (Wildman–Crippen MR) is 75.0 cm³/mol. The molecule has 0 saturated carbocycles. The van der Waals surface area contributed by atoms with Crippen LogP contribution in [0.2, 0.25) is 0 Å². The van der Waals surface area contributed by atoms with Gasteiger partial charge in [0, 0.05) is 23.9 Å². The molecule has 3 rings (SSSR count). The van der Waals surface area contributed by atoms with Crippen molar-refractivity contribution < 1.29 is 4.79 Å². The number of rotatable bonds is 2. The molecule has 1 aromatic heterocycles. The monoisotopic (exact) mass is 251 g/mol. The number of benzene rings is 2. The minimum Gasteiger partial charge on any atom is -0.399 e. The third-order valence-electron chi connectivity index (χ3n) is 3.14. The smallest absolute Gasteiger partial charge is 0.193 e. The van der Waals surface area contributed by atoms with Crippen LogP contribution >= 0.6 is 0 Å². The normalized spacial score (nSPS) is 10.8. The summed E-state index contributed by atoms with van der Waals surface area (Å²) in [6.07, 6.45) is 1.74. The second-order valence-corrected chi connectivity index (χ2v) is 4.51. The maximum atomic E-state index is 12.4. The van der Waals surface area contributed by atoms with Crippen molar-refractivity contribution in [3.05, 3.63) is 59.9 Å². The molecular formula is C15H13N3O. The van der Waals surface area contributed by atoms with Crippen molar-refractivity contribution in [1.82, 2.24) is 9.55 Å². The Balaban J connectivity index is 2.06. The molecule has 0 unspecified atom stereocenters. The van der Waals surface area contributed by atoms with Gasteiger partial charge in [-0.2, -0.15) is 0 Å². The molecule has 0 aliphatic rings. The fourth-order valence-corrected chi connectivity index (χ4v) is 2.12. The SMILES string of the molecule is Cn1cnc2cc(C(=O)c3cccc(N)c3)ccc21. The number of anilines is 1. The minimum atomic E-state index is -0.0418. The van der Waals surface area contributed by atoms with Crippen molar-refractivity contribution in [3.63, 3.8) is 0 Å². The zero-order chi connectivity index (χ0) is 13.4. The molecule has 3 aromatic rings. The quantitative estimate of drug-likeness (QED) is 0.562. The van der Waals surface area contributed by atoms with Gasteiger partial charge in [-0.3, -0.25) is 4.79 Å². The molecule has 4 nitrogen and oxygen atoms in total. The molecule has 0 aliphatic carbocycles. The third-order valence-corrected chi connectivity index (χ3v) is 3.14. The number of ketones is 1. The van der Waals surface area contributed by atoms with Crippen molar-refractivity contribution in [2.24, 2.45) is 7.05 Å². The first kappa shape index (κ1) is 11.5. The number of fused-ring (bicyclic) bond motifs is 1. The minimum absolute atomic E-state index is 0.0418. The largest absolute Gasteiger partial charge is 0.399 e. The summed E-state index contributed by atoms with van der Waals surface area (Å²) in [5, 5.41) is 0. The Kier molecular flexibility index (Phi) is 2.56. The van der Waals surface area contributed by atoms with Crippen LogP contribution in [0.4, 0.5) is 5.69 Å². The van der Waals surface area contributed by atoms with Gasteiger partial charge in [-0.05, 0) is 30.3 Å². The molecule has 0 aliphatic heterocycles. The van der Waals surface area contributed by atoms with E-state index in [1.807, 2.05) is 23.7 Å². The highest BCUT2D eigenvalue weighted by molar-refractivity contribution is 6.10. The molecule has 0 amide bonds. The fraction of sp³-hybridized carbons (Fsp3) is 0.0667. The van der Waals surface area contributed by atoms with Gasteiger partial charge >= 0.3 is 0 Å². The van der Waals surface area contributed by atoms with Crippen molar-refractivity contribution in [3.8, 4) is 0 Å². The van der Waals surface area contributed by atoms with E-state index in [1.165, 1.54) is 0 Å². The van der Waals surface area contributed by atoms with E-state index in [1.54, 1.807) is 36.7 Å². The van der Waals surface area contributed by atoms with Crippen LogP contribution < -0.4 is 5.73 Å². The van der Waals surface area contributed by atoms with Crippen molar-refractivity contribution in [2.45, 2.75) is 0 Å².